The molecule has 1 aliphatic rings. The van der Waals surface area contributed by atoms with Crippen molar-refractivity contribution in [3.8, 4) is 0 Å². The molecular weight excluding hydrogens is 203 g/mol. The van der Waals surface area contributed by atoms with E-state index in [1.807, 2.05) is 0 Å². The second kappa shape index (κ2) is 4.45. The lowest BCUT2D eigenvalue weighted by atomic mass is 9.97. The zero-order chi connectivity index (χ0) is 11.6. The molecule has 0 aliphatic carbocycles. The highest BCUT2D eigenvalue weighted by Gasteiger charge is 2.35. The lowest BCUT2D eigenvalue weighted by molar-refractivity contribution is -0.162. The molecule has 0 amide bonds. The van der Waals surface area contributed by atoms with Crippen LogP contribution in [-0.2, 0) is 14.3 Å². The quantitative estimate of drug-likeness (QED) is 0.706. The molecule has 1 rings (SSSR count). The highest BCUT2D eigenvalue weighted by molar-refractivity contribution is 5.75. The molecule has 0 aromatic rings. The highest BCUT2D eigenvalue weighted by Crippen LogP contribution is 2.23. The Bertz CT molecular complexity index is 226. The minimum Gasteiger partial charge on any atom is -0.463 e. The van der Waals surface area contributed by atoms with Crippen molar-refractivity contribution < 1.29 is 23.8 Å². The van der Waals surface area contributed by atoms with Crippen molar-refractivity contribution in [3.05, 3.63) is 0 Å². The monoisotopic (exact) mass is 220 g/mol. The summed E-state index contributed by atoms with van der Waals surface area (Å²) in [6.07, 6.45) is -3.24. The van der Waals surface area contributed by atoms with E-state index in [4.69, 9.17) is 14.6 Å². The van der Waals surface area contributed by atoms with Gasteiger partial charge in [-0.05, 0) is 20.8 Å². The molecule has 0 saturated carbocycles. The summed E-state index contributed by atoms with van der Waals surface area (Å²) in [6, 6.07) is 0. The molecule has 5 heteroatoms. The summed E-state index contributed by atoms with van der Waals surface area (Å²) in [5.74, 6) is -0.358. The van der Waals surface area contributed by atoms with Crippen molar-refractivity contribution in [1.82, 2.24) is 0 Å². The SMILES string of the molecule is CC(C)(C)C(=O)OCC1CC(F)C(O)O1. The number of rotatable bonds is 2. The Morgan fingerprint density at radius 1 is 1.60 bits per heavy atom. The third-order valence-electron chi connectivity index (χ3n) is 2.14. The summed E-state index contributed by atoms with van der Waals surface area (Å²) >= 11 is 0. The first-order chi connectivity index (χ1) is 6.80. The number of alkyl halides is 1. The first-order valence-electron chi connectivity index (χ1n) is 4.95. The van der Waals surface area contributed by atoms with Crippen LogP contribution in [0, 0.1) is 5.41 Å². The average Bonchev–Trinajstić information content (AvgIpc) is 2.41. The Labute approximate surface area is 88.4 Å². The Kier molecular flexibility index (Phi) is 3.67. The van der Waals surface area contributed by atoms with Gasteiger partial charge in [-0.2, -0.15) is 0 Å². The first-order valence-corrected chi connectivity index (χ1v) is 4.95. The van der Waals surface area contributed by atoms with Gasteiger partial charge in [-0.1, -0.05) is 0 Å². The summed E-state index contributed by atoms with van der Waals surface area (Å²) in [6.45, 7) is 5.19. The fourth-order valence-corrected chi connectivity index (χ4v) is 1.20. The molecule has 0 spiro atoms. The maximum Gasteiger partial charge on any atom is 0.311 e. The van der Waals surface area contributed by atoms with Crippen LogP contribution in [0.25, 0.3) is 0 Å². The minimum absolute atomic E-state index is 0.00637. The van der Waals surface area contributed by atoms with Crippen LogP contribution in [0.2, 0.25) is 0 Å². The van der Waals surface area contributed by atoms with Gasteiger partial charge in [0.25, 0.3) is 0 Å². The van der Waals surface area contributed by atoms with Gasteiger partial charge in [0.15, 0.2) is 12.5 Å². The number of carbonyl (C=O) groups is 1. The fourth-order valence-electron chi connectivity index (χ4n) is 1.20. The molecule has 1 N–H and O–H groups in total. The van der Waals surface area contributed by atoms with Gasteiger partial charge in [0.1, 0.15) is 6.61 Å². The van der Waals surface area contributed by atoms with Gasteiger partial charge >= 0.3 is 5.97 Å². The molecule has 88 valence electrons. The van der Waals surface area contributed by atoms with E-state index in [-0.39, 0.29) is 19.0 Å². The first kappa shape index (κ1) is 12.4. The van der Waals surface area contributed by atoms with Gasteiger partial charge in [0.2, 0.25) is 0 Å². The Hall–Kier alpha value is -0.680. The van der Waals surface area contributed by atoms with E-state index in [0.717, 1.165) is 0 Å². The number of halogens is 1. The molecule has 0 radical (unpaired) electrons. The van der Waals surface area contributed by atoms with E-state index in [1.165, 1.54) is 0 Å². The summed E-state index contributed by atoms with van der Waals surface area (Å²) in [5.41, 5.74) is -0.577. The number of hydrogen-bond acceptors (Lipinski definition) is 4. The molecule has 0 bridgehead atoms. The van der Waals surface area contributed by atoms with Gasteiger partial charge in [0, 0.05) is 6.42 Å². The zero-order valence-corrected chi connectivity index (χ0v) is 9.20. The van der Waals surface area contributed by atoms with Crippen LogP contribution in [-0.4, -0.2) is 36.2 Å². The summed E-state index contributed by atoms with van der Waals surface area (Å²) in [7, 11) is 0. The van der Waals surface area contributed by atoms with Gasteiger partial charge in [-0.25, -0.2) is 4.39 Å². The normalized spacial score (nSPS) is 31.7. The van der Waals surface area contributed by atoms with Crippen molar-refractivity contribution in [3.63, 3.8) is 0 Å². The predicted molar refractivity (Wildman–Crippen MR) is 50.8 cm³/mol. The largest absolute Gasteiger partial charge is 0.463 e. The van der Waals surface area contributed by atoms with E-state index >= 15 is 0 Å². The maximum absolute atomic E-state index is 12.8. The molecule has 0 aromatic carbocycles. The van der Waals surface area contributed by atoms with Gasteiger partial charge in [-0.3, -0.25) is 4.79 Å². The van der Waals surface area contributed by atoms with Gasteiger partial charge in [-0.15, -0.1) is 0 Å². The number of aliphatic hydroxyl groups excluding tert-OH is 1. The molecule has 1 heterocycles. The van der Waals surface area contributed by atoms with Crippen molar-refractivity contribution in [2.24, 2.45) is 5.41 Å². The summed E-state index contributed by atoms with van der Waals surface area (Å²) in [4.78, 5) is 11.4. The zero-order valence-electron chi connectivity index (χ0n) is 9.20. The van der Waals surface area contributed by atoms with Crippen LogP contribution in [0.4, 0.5) is 4.39 Å². The Balaban J connectivity index is 2.30. The molecule has 1 aliphatic heterocycles. The summed E-state index contributed by atoms with van der Waals surface area (Å²) in [5, 5.41) is 8.96. The second-order valence-electron chi connectivity index (χ2n) is 4.75. The van der Waals surface area contributed by atoms with E-state index in [9.17, 15) is 9.18 Å². The van der Waals surface area contributed by atoms with Crippen molar-refractivity contribution in [2.75, 3.05) is 6.61 Å². The van der Waals surface area contributed by atoms with Crippen molar-refractivity contribution in [1.29, 1.82) is 0 Å². The van der Waals surface area contributed by atoms with Crippen LogP contribution in [0.1, 0.15) is 27.2 Å². The molecule has 4 nitrogen and oxygen atoms in total. The molecule has 0 aromatic heterocycles. The minimum atomic E-state index is -1.39. The highest BCUT2D eigenvalue weighted by atomic mass is 19.1. The van der Waals surface area contributed by atoms with Crippen molar-refractivity contribution >= 4 is 5.97 Å². The van der Waals surface area contributed by atoms with E-state index < -0.39 is 24.0 Å². The maximum atomic E-state index is 12.8. The number of hydrogen-bond donors (Lipinski definition) is 1. The Morgan fingerprint density at radius 2 is 2.20 bits per heavy atom. The number of aliphatic hydroxyl groups is 1. The van der Waals surface area contributed by atoms with E-state index in [2.05, 4.69) is 0 Å². The number of carbonyl (C=O) groups excluding carboxylic acids is 1. The topological polar surface area (TPSA) is 55.8 Å². The van der Waals surface area contributed by atoms with Crippen LogP contribution < -0.4 is 0 Å². The van der Waals surface area contributed by atoms with E-state index in [1.54, 1.807) is 20.8 Å². The second-order valence-corrected chi connectivity index (χ2v) is 4.75. The fraction of sp³-hybridized carbons (Fsp3) is 0.900. The summed E-state index contributed by atoms with van der Waals surface area (Å²) < 4.78 is 22.6. The van der Waals surface area contributed by atoms with Crippen LogP contribution in [0.3, 0.4) is 0 Å². The standard InChI is InChI=1S/C10H17FO4/c1-10(2,3)9(13)14-5-6-4-7(11)8(12)15-6/h6-8,12H,4-5H2,1-3H3. The average molecular weight is 220 g/mol. The third kappa shape index (κ3) is 3.43. The molecule has 15 heavy (non-hydrogen) atoms. The molecule has 3 unspecified atom stereocenters. The predicted octanol–water partition coefficient (Wildman–Crippen LogP) is 1.02. The third-order valence-corrected chi connectivity index (χ3v) is 2.14. The van der Waals surface area contributed by atoms with Crippen molar-refractivity contribution in [2.45, 2.75) is 45.8 Å². The lowest BCUT2D eigenvalue weighted by Gasteiger charge is -2.18. The smallest absolute Gasteiger partial charge is 0.311 e. The van der Waals surface area contributed by atoms with Crippen LogP contribution >= 0.6 is 0 Å². The molecule has 1 fully saturated rings. The van der Waals surface area contributed by atoms with Crippen LogP contribution in [0.5, 0.6) is 0 Å². The number of esters is 1. The van der Waals surface area contributed by atoms with Gasteiger partial charge < -0.3 is 14.6 Å². The van der Waals surface area contributed by atoms with Crippen LogP contribution in [0.15, 0.2) is 0 Å². The molecule has 1 saturated heterocycles. The lowest BCUT2D eigenvalue weighted by Crippen LogP contribution is -2.27. The van der Waals surface area contributed by atoms with E-state index in [0.29, 0.717) is 0 Å². The Morgan fingerprint density at radius 3 is 2.60 bits per heavy atom. The molecule has 3 atom stereocenters. The number of ether oxygens (including phenoxy) is 2. The molecular formula is C10H17FO4. The van der Waals surface area contributed by atoms with Gasteiger partial charge in [0.05, 0.1) is 11.5 Å².